The largest absolute Gasteiger partial charge is 0.508 e. The van der Waals surface area contributed by atoms with E-state index in [0.717, 1.165) is 37.1 Å². The predicted octanol–water partition coefficient (Wildman–Crippen LogP) is 3.07. The molecule has 1 amide bonds. The third-order valence-electron chi connectivity index (χ3n) is 4.40. The van der Waals surface area contributed by atoms with Crippen LogP contribution in [0.1, 0.15) is 36.4 Å². The fourth-order valence-corrected chi connectivity index (χ4v) is 3.13. The summed E-state index contributed by atoms with van der Waals surface area (Å²) in [7, 11) is 0. The Kier molecular flexibility index (Phi) is 5.80. The van der Waals surface area contributed by atoms with Gasteiger partial charge in [0.2, 0.25) is 0 Å². The second-order valence-corrected chi connectivity index (χ2v) is 6.24. The summed E-state index contributed by atoms with van der Waals surface area (Å²) in [5, 5.41) is 13.4. The molecule has 0 aromatic heterocycles. The molecule has 25 heavy (non-hydrogen) atoms. The molecule has 5 heteroatoms. The molecule has 3 rings (SSSR count). The quantitative estimate of drug-likeness (QED) is 0.651. The predicted molar refractivity (Wildman–Crippen MR) is 98.5 cm³/mol. The summed E-state index contributed by atoms with van der Waals surface area (Å²) in [4.78, 5) is 15.0. The van der Waals surface area contributed by atoms with E-state index < -0.39 is 0 Å². The Morgan fingerprint density at radius 3 is 2.40 bits per heavy atom. The van der Waals surface area contributed by atoms with Crippen molar-refractivity contribution in [2.24, 2.45) is 5.10 Å². The number of piperidine rings is 1. The first-order valence-electron chi connectivity index (χ1n) is 8.65. The maximum Gasteiger partial charge on any atom is 0.262 e. The van der Waals surface area contributed by atoms with Crippen molar-refractivity contribution in [2.75, 3.05) is 13.1 Å². The van der Waals surface area contributed by atoms with Gasteiger partial charge in [0.1, 0.15) is 11.8 Å². The average molecular weight is 337 g/mol. The number of amides is 1. The van der Waals surface area contributed by atoms with Crippen LogP contribution in [-0.2, 0) is 4.79 Å². The Hall–Kier alpha value is -2.66. The summed E-state index contributed by atoms with van der Waals surface area (Å²) in [5.41, 5.74) is 4.47. The number of aromatic hydroxyl groups is 1. The van der Waals surface area contributed by atoms with Crippen molar-refractivity contribution < 1.29 is 9.90 Å². The summed E-state index contributed by atoms with van der Waals surface area (Å²) in [6.45, 7) is 1.85. The molecule has 2 aromatic carbocycles. The zero-order valence-electron chi connectivity index (χ0n) is 14.1. The van der Waals surface area contributed by atoms with Crippen LogP contribution < -0.4 is 5.43 Å². The first-order chi connectivity index (χ1) is 12.2. The van der Waals surface area contributed by atoms with E-state index in [4.69, 9.17) is 0 Å². The van der Waals surface area contributed by atoms with Gasteiger partial charge in [0.25, 0.3) is 5.91 Å². The van der Waals surface area contributed by atoms with Crippen molar-refractivity contribution in [1.82, 2.24) is 10.3 Å². The molecule has 0 bridgehead atoms. The molecule has 1 aliphatic heterocycles. The third-order valence-corrected chi connectivity index (χ3v) is 4.40. The Bertz CT molecular complexity index is 707. The Labute approximate surface area is 148 Å². The van der Waals surface area contributed by atoms with E-state index in [1.54, 1.807) is 30.5 Å². The van der Waals surface area contributed by atoms with Gasteiger partial charge in [-0.1, -0.05) is 36.8 Å². The van der Waals surface area contributed by atoms with E-state index in [2.05, 4.69) is 15.4 Å². The van der Waals surface area contributed by atoms with Crippen molar-refractivity contribution in [3.05, 3.63) is 65.7 Å². The van der Waals surface area contributed by atoms with E-state index in [-0.39, 0.29) is 17.7 Å². The standard InChI is InChI=1S/C20H23N3O2/c24-18-11-9-16(10-12-18)15-21-22-20(25)19(17-7-3-1-4-8-17)23-13-5-2-6-14-23/h1,3-4,7-12,15,19,24H,2,5-6,13-14H2,(H,22,25)/b21-15+/t19-/m1/s1. The number of rotatable bonds is 5. The van der Waals surface area contributed by atoms with Crippen molar-refractivity contribution >= 4 is 12.1 Å². The topological polar surface area (TPSA) is 64.9 Å². The van der Waals surface area contributed by atoms with E-state index in [1.807, 2.05) is 30.3 Å². The van der Waals surface area contributed by atoms with Gasteiger partial charge in [-0.2, -0.15) is 5.10 Å². The van der Waals surface area contributed by atoms with Gasteiger partial charge in [-0.25, -0.2) is 5.43 Å². The van der Waals surface area contributed by atoms with Crippen LogP contribution >= 0.6 is 0 Å². The molecule has 2 aromatic rings. The zero-order chi connectivity index (χ0) is 17.5. The van der Waals surface area contributed by atoms with Crippen molar-refractivity contribution in [2.45, 2.75) is 25.3 Å². The maximum atomic E-state index is 12.8. The maximum absolute atomic E-state index is 12.8. The second-order valence-electron chi connectivity index (χ2n) is 6.24. The average Bonchev–Trinajstić information content (AvgIpc) is 2.65. The Morgan fingerprint density at radius 1 is 1.04 bits per heavy atom. The van der Waals surface area contributed by atoms with Gasteiger partial charge in [-0.15, -0.1) is 0 Å². The summed E-state index contributed by atoms with van der Waals surface area (Å²) in [5.74, 6) is 0.0820. The number of nitrogens with zero attached hydrogens (tertiary/aromatic N) is 2. The molecule has 1 heterocycles. The SMILES string of the molecule is O=C(N/N=C/c1ccc(O)cc1)[C@@H](c1ccccc1)N1CCCCC1. The van der Waals surface area contributed by atoms with Gasteiger partial charge in [0.05, 0.1) is 6.21 Å². The number of carbonyl (C=O) groups excluding carboxylic acids is 1. The van der Waals surface area contributed by atoms with Gasteiger partial charge in [-0.05, 0) is 61.3 Å². The first-order valence-corrected chi connectivity index (χ1v) is 8.65. The van der Waals surface area contributed by atoms with Crippen LogP contribution in [0, 0.1) is 0 Å². The Balaban J connectivity index is 1.71. The molecule has 1 saturated heterocycles. The van der Waals surface area contributed by atoms with E-state index >= 15 is 0 Å². The molecule has 1 atom stereocenters. The highest BCUT2D eigenvalue weighted by molar-refractivity contribution is 5.85. The molecule has 2 N–H and O–H groups in total. The fraction of sp³-hybridized carbons (Fsp3) is 0.300. The number of hydrogen-bond donors (Lipinski definition) is 2. The molecule has 0 unspecified atom stereocenters. The van der Waals surface area contributed by atoms with E-state index in [1.165, 1.54) is 6.42 Å². The highest BCUT2D eigenvalue weighted by Gasteiger charge is 2.28. The monoisotopic (exact) mass is 337 g/mol. The van der Waals surface area contributed by atoms with Crippen LogP contribution in [0.2, 0.25) is 0 Å². The van der Waals surface area contributed by atoms with Crippen molar-refractivity contribution in [1.29, 1.82) is 0 Å². The fourth-order valence-electron chi connectivity index (χ4n) is 3.13. The number of carbonyl (C=O) groups is 1. The number of benzene rings is 2. The van der Waals surface area contributed by atoms with Gasteiger partial charge in [0, 0.05) is 0 Å². The van der Waals surface area contributed by atoms with E-state index in [0.29, 0.717) is 0 Å². The molecule has 0 spiro atoms. The lowest BCUT2D eigenvalue weighted by molar-refractivity contribution is -0.127. The second kappa shape index (κ2) is 8.44. The molecule has 130 valence electrons. The lowest BCUT2D eigenvalue weighted by Gasteiger charge is -2.33. The van der Waals surface area contributed by atoms with Gasteiger partial charge < -0.3 is 5.11 Å². The highest BCUT2D eigenvalue weighted by Crippen LogP contribution is 2.24. The third kappa shape index (κ3) is 4.67. The van der Waals surface area contributed by atoms with Gasteiger partial charge >= 0.3 is 0 Å². The molecule has 0 saturated carbocycles. The molecular formula is C20H23N3O2. The summed E-state index contributed by atoms with van der Waals surface area (Å²) in [6.07, 6.45) is 5.04. The minimum atomic E-state index is -0.321. The molecule has 0 aliphatic carbocycles. The first kappa shape index (κ1) is 17.2. The lowest BCUT2D eigenvalue weighted by atomic mass is 10.0. The van der Waals surface area contributed by atoms with Crippen molar-refractivity contribution in [3.8, 4) is 5.75 Å². The molecule has 1 fully saturated rings. The lowest BCUT2D eigenvalue weighted by Crippen LogP contribution is -2.41. The number of hydrogen-bond acceptors (Lipinski definition) is 4. The van der Waals surface area contributed by atoms with Crippen LogP contribution in [0.25, 0.3) is 0 Å². The minimum absolute atomic E-state index is 0.122. The molecule has 5 nitrogen and oxygen atoms in total. The summed E-state index contributed by atoms with van der Waals surface area (Å²) >= 11 is 0. The van der Waals surface area contributed by atoms with Crippen LogP contribution in [0.3, 0.4) is 0 Å². The van der Waals surface area contributed by atoms with Crippen LogP contribution in [-0.4, -0.2) is 35.2 Å². The summed E-state index contributed by atoms with van der Waals surface area (Å²) < 4.78 is 0. The van der Waals surface area contributed by atoms with Crippen LogP contribution in [0.15, 0.2) is 59.7 Å². The van der Waals surface area contributed by atoms with Crippen molar-refractivity contribution in [3.63, 3.8) is 0 Å². The molecular weight excluding hydrogens is 314 g/mol. The number of nitrogens with one attached hydrogen (secondary N) is 1. The summed E-state index contributed by atoms with van der Waals surface area (Å²) in [6, 6.07) is 16.2. The van der Waals surface area contributed by atoms with Gasteiger partial charge in [-0.3, -0.25) is 9.69 Å². The molecule has 1 aliphatic rings. The normalized spacial score (nSPS) is 16.6. The number of phenols is 1. The minimum Gasteiger partial charge on any atom is -0.508 e. The van der Waals surface area contributed by atoms with Crippen LogP contribution in [0.5, 0.6) is 5.75 Å². The van der Waals surface area contributed by atoms with E-state index in [9.17, 15) is 9.90 Å². The number of likely N-dealkylation sites (tertiary alicyclic amines) is 1. The zero-order valence-corrected chi connectivity index (χ0v) is 14.1. The number of hydrazone groups is 1. The highest BCUT2D eigenvalue weighted by atomic mass is 16.3. The smallest absolute Gasteiger partial charge is 0.262 e. The van der Waals surface area contributed by atoms with Gasteiger partial charge in [0.15, 0.2) is 0 Å². The Morgan fingerprint density at radius 2 is 1.72 bits per heavy atom. The number of phenolic OH excluding ortho intramolecular Hbond substituents is 1. The molecule has 0 radical (unpaired) electrons. The van der Waals surface area contributed by atoms with Crippen LogP contribution in [0.4, 0.5) is 0 Å².